The molecule has 1 atom stereocenters. The highest BCUT2D eigenvalue weighted by Gasteiger charge is 2.41. The molecule has 3 rings (SSSR count). The van der Waals surface area contributed by atoms with Crippen molar-refractivity contribution in [3.05, 3.63) is 83.7 Å². The number of benzene rings is 2. The summed E-state index contributed by atoms with van der Waals surface area (Å²) in [6.45, 7) is 0.982. The molecule has 0 aliphatic rings. The second kappa shape index (κ2) is 11.2. The molecule has 3 aromatic rings. The van der Waals surface area contributed by atoms with Crippen LogP contribution in [0.4, 0.5) is 45.5 Å². The number of nitrogens with zero attached hydrogens (tertiary/aromatic N) is 2. The molecule has 0 saturated carbocycles. The van der Waals surface area contributed by atoms with E-state index in [1.165, 1.54) is 31.2 Å². The zero-order chi connectivity index (χ0) is 29.5. The predicted octanol–water partition coefficient (Wildman–Crippen LogP) is 8.51. The van der Waals surface area contributed by atoms with Gasteiger partial charge < -0.3 is 10.1 Å². The molecular weight excluding hydrogens is 660 g/mol. The molecule has 212 valence electrons. The second-order valence-electron chi connectivity index (χ2n) is 7.61. The minimum absolute atomic E-state index is 0.135. The van der Waals surface area contributed by atoms with Gasteiger partial charge in [-0.2, -0.15) is 39.5 Å². The normalized spacial score (nSPS) is 13.5. The monoisotopic (exact) mass is 671 g/mol. The van der Waals surface area contributed by atoms with Gasteiger partial charge in [0.05, 0.1) is 16.8 Å². The van der Waals surface area contributed by atoms with Crippen LogP contribution in [0.2, 0.25) is 10.0 Å². The van der Waals surface area contributed by atoms with E-state index < -0.39 is 68.1 Å². The summed E-state index contributed by atoms with van der Waals surface area (Å²) in [4.78, 5) is 16.3. The van der Waals surface area contributed by atoms with Gasteiger partial charge in [0.15, 0.2) is 11.9 Å². The van der Waals surface area contributed by atoms with Crippen molar-refractivity contribution in [2.24, 2.45) is 0 Å². The topological polar surface area (TPSA) is 56.1 Å². The van der Waals surface area contributed by atoms with E-state index in [4.69, 9.17) is 27.9 Å². The summed E-state index contributed by atoms with van der Waals surface area (Å²) in [5.41, 5.74) is -7.67. The van der Waals surface area contributed by atoms with Crippen LogP contribution in [-0.4, -0.2) is 16.2 Å². The van der Waals surface area contributed by atoms with Crippen LogP contribution in [0.15, 0.2) is 45.7 Å². The van der Waals surface area contributed by atoms with Crippen molar-refractivity contribution in [3.8, 4) is 5.69 Å². The van der Waals surface area contributed by atoms with Gasteiger partial charge in [-0.15, -0.1) is 0 Å². The maximum atomic E-state index is 13.6. The van der Waals surface area contributed by atoms with Crippen LogP contribution in [0.1, 0.15) is 35.5 Å². The Morgan fingerprint density at radius 2 is 1.56 bits per heavy atom. The first kappa shape index (κ1) is 31.0. The van der Waals surface area contributed by atoms with Crippen LogP contribution in [0, 0.1) is 0 Å². The molecule has 0 fully saturated rings. The van der Waals surface area contributed by atoms with E-state index in [1.807, 2.05) is 0 Å². The summed E-state index contributed by atoms with van der Waals surface area (Å²) >= 11 is 14.1. The maximum Gasteiger partial charge on any atom is 0.435 e. The Kier molecular flexibility index (Phi) is 8.90. The van der Waals surface area contributed by atoms with Gasteiger partial charge in [-0.1, -0.05) is 23.2 Å². The Labute approximate surface area is 231 Å². The number of anilines is 1. The van der Waals surface area contributed by atoms with Crippen LogP contribution in [-0.2, 0) is 23.3 Å². The molecule has 0 aliphatic carbocycles. The van der Waals surface area contributed by atoms with Gasteiger partial charge in [-0.05, 0) is 59.3 Å². The Hall–Kier alpha value is -2.49. The van der Waals surface area contributed by atoms with Crippen molar-refractivity contribution in [1.82, 2.24) is 9.55 Å². The molecular formula is C22H13BrCl2F9N3O2. The Balaban J connectivity index is 2.33. The summed E-state index contributed by atoms with van der Waals surface area (Å²) in [7, 11) is 0. The lowest BCUT2D eigenvalue weighted by Gasteiger charge is -2.26. The van der Waals surface area contributed by atoms with Crippen molar-refractivity contribution in [1.29, 1.82) is 0 Å². The third-order valence-corrected chi connectivity index (χ3v) is 6.47. The Morgan fingerprint density at radius 1 is 0.974 bits per heavy atom. The highest BCUT2D eigenvalue weighted by atomic mass is 79.9. The third kappa shape index (κ3) is 6.81. The number of aromatic nitrogens is 2. The van der Waals surface area contributed by atoms with E-state index in [0.717, 1.165) is 0 Å². The second-order valence-corrected chi connectivity index (χ2v) is 9.22. The van der Waals surface area contributed by atoms with Crippen molar-refractivity contribution in [2.45, 2.75) is 31.7 Å². The van der Waals surface area contributed by atoms with Crippen molar-refractivity contribution >= 4 is 45.1 Å². The molecule has 2 aromatic carbocycles. The molecule has 5 nitrogen and oxygen atoms in total. The molecule has 1 heterocycles. The molecule has 0 bridgehead atoms. The van der Waals surface area contributed by atoms with Gasteiger partial charge in [-0.25, -0.2) is 9.55 Å². The SMILES string of the molecule is CCOC(Nc1nc(C(F)(F)F)c(Cl)c(=O)n1-c1ccc(Cl)cc1)c1cc(C(F)(F)F)cc(C(F)(F)F)c1Br. The van der Waals surface area contributed by atoms with Gasteiger partial charge in [0, 0.05) is 21.7 Å². The molecule has 17 heteroatoms. The van der Waals surface area contributed by atoms with Gasteiger partial charge in [0.25, 0.3) is 5.56 Å². The first-order valence-corrected chi connectivity index (χ1v) is 11.9. The summed E-state index contributed by atoms with van der Waals surface area (Å²) in [5.74, 6) is -0.949. The first-order valence-electron chi connectivity index (χ1n) is 10.4. The summed E-state index contributed by atoms with van der Waals surface area (Å²) in [6.07, 6.45) is -17.7. The van der Waals surface area contributed by atoms with Crippen LogP contribution < -0.4 is 10.9 Å². The number of hydrogen-bond donors (Lipinski definition) is 1. The number of alkyl halides is 9. The number of ether oxygens (including phenoxy) is 1. The number of hydrogen-bond acceptors (Lipinski definition) is 4. The van der Waals surface area contributed by atoms with E-state index in [0.29, 0.717) is 10.6 Å². The molecule has 1 aromatic heterocycles. The summed E-state index contributed by atoms with van der Waals surface area (Å²) < 4.78 is 127. The average molecular weight is 673 g/mol. The standard InChI is InChI=1S/C22H13BrCl2F9N3O2/c1-2-39-17(12-7-9(20(26,27)28)8-13(14(12)23)21(29,30)31)36-19-35-16(22(32,33)34)15(25)18(38)37(19)11-5-3-10(24)4-6-11/h3-8,17H,2H2,1H3,(H,35,36). The van der Waals surface area contributed by atoms with Gasteiger partial charge in [0.1, 0.15) is 5.02 Å². The highest BCUT2D eigenvalue weighted by Crippen LogP contribution is 2.43. The fourth-order valence-corrected chi connectivity index (χ4v) is 4.34. The van der Waals surface area contributed by atoms with Gasteiger partial charge in [-0.3, -0.25) is 4.79 Å². The lowest BCUT2D eigenvalue weighted by molar-refractivity contribution is -0.144. The molecule has 1 unspecified atom stereocenters. The number of rotatable bonds is 6. The van der Waals surface area contributed by atoms with Crippen molar-refractivity contribution in [2.75, 3.05) is 11.9 Å². The molecule has 0 aliphatic heterocycles. The van der Waals surface area contributed by atoms with Crippen LogP contribution in [0.25, 0.3) is 5.69 Å². The zero-order valence-corrected chi connectivity index (χ0v) is 22.1. The fourth-order valence-electron chi connectivity index (χ4n) is 3.32. The number of nitrogens with one attached hydrogen (secondary N) is 1. The molecule has 0 amide bonds. The Bertz CT molecular complexity index is 1420. The van der Waals surface area contributed by atoms with Crippen molar-refractivity contribution < 1.29 is 44.3 Å². The van der Waals surface area contributed by atoms with Crippen LogP contribution in [0.3, 0.4) is 0 Å². The van der Waals surface area contributed by atoms with E-state index in [2.05, 4.69) is 26.2 Å². The lowest BCUT2D eigenvalue weighted by atomic mass is 10.0. The first-order chi connectivity index (χ1) is 17.9. The smallest absolute Gasteiger partial charge is 0.354 e. The quantitative estimate of drug-likeness (QED) is 0.211. The minimum atomic E-state index is -5.26. The zero-order valence-electron chi connectivity index (χ0n) is 19.0. The minimum Gasteiger partial charge on any atom is -0.354 e. The van der Waals surface area contributed by atoms with E-state index >= 15 is 0 Å². The van der Waals surface area contributed by atoms with Gasteiger partial charge >= 0.3 is 18.5 Å². The third-order valence-electron chi connectivity index (χ3n) is 4.99. The van der Waals surface area contributed by atoms with E-state index in [-0.39, 0.29) is 23.4 Å². The molecule has 0 spiro atoms. The average Bonchev–Trinajstić information content (AvgIpc) is 2.80. The van der Waals surface area contributed by atoms with Crippen LogP contribution >= 0.6 is 39.1 Å². The Morgan fingerprint density at radius 3 is 2.05 bits per heavy atom. The molecule has 39 heavy (non-hydrogen) atoms. The van der Waals surface area contributed by atoms with Crippen LogP contribution in [0.5, 0.6) is 0 Å². The molecule has 0 radical (unpaired) electrons. The molecule has 1 N–H and O–H groups in total. The predicted molar refractivity (Wildman–Crippen MR) is 127 cm³/mol. The largest absolute Gasteiger partial charge is 0.435 e. The number of halogens is 12. The highest BCUT2D eigenvalue weighted by molar-refractivity contribution is 9.10. The summed E-state index contributed by atoms with van der Waals surface area (Å²) in [6, 6.07) is 5.09. The maximum absolute atomic E-state index is 13.6. The fraction of sp³-hybridized carbons (Fsp3) is 0.273. The molecule has 0 saturated heterocycles. The van der Waals surface area contributed by atoms with Crippen molar-refractivity contribution in [3.63, 3.8) is 0 Å². The summed E-state index contributed by atoms with van der Waals surface area (Å²) in [5, 5.41) is 1.07. The lowest BCUT2D eigenvalue weighted by Crippen LogP contribution is -2.30. The van der Waals surface area contributed by atoms with E-state index in [9.17, 15) is 44.3 Å². The van der Waals surface area contributed by atoms with E-state index in [1.54, 1.807) is 0 Å². The van der Waals surface area contributed by atoms with Gasteiger partial charge in [0.2, 0.25) is 5.95 Å².